The Hall–Kier alpha value is -1.56. The number of allylic oxidation sites excluding steroid dienone is 1. The molecule has 1 rings (SSSR count). The summed E-state index contributed by atoms with van der Waals surface area (Å²) in [6, 6.07) is -0.189. The van der Waals surface area contributed by atoms with Crippen molar-refractivity contribution in [3.05, 3.63) is 11.9 Å². The first-order chi connectivity index (χ1) is 11.2. The van der Waals surface area contributed by atoms with Crippen molar-refractivity contribution < 1.29 is 9.59 Å². The van der Waals surface area contributed by atoms with Crippen LogP contribution in [0, 0.1) is 0 Å². The average molecular weight is 324 g/mol. The Morgan fingerprint density at radius 2 is 1.96 bits per heavy atom. The zero-order chi connectivity index (χ0) is 16.9. The fourth-order valence-corrected chi connectivity index (χ4v) is 2.80. The Bertz CT molecular complexity index is 385. The number of amides is 1. The van der Waals surface area contributed by atoms with Crippen LogP contribution in [-0.4, -0.2) is 49.8 Å². The Labute approximate surface area is 139 Å². The Morgan fingerprint density at radius 1 is 1.22 bits per heavy atom. The maximum atomic E-state index is 12.0. The van der Waals surface area contributed by atoms with Crippen LogP contribution in [0.2, 0.25) is 0 Å². The van der Waals surface area contributed by atoms with E-state index in [2.05, 4.69) is 10.6 Å². The van der Waals surface area contributed by atoms with Crippen LogP contribution in [0.25, 0.3) is 0 Å². The minimum Gasteiger partial charge on any atom is -0.401 e. The first-order valence-electron chi connectivity index (χ1n) is 8.76. The van der Waals surface area contributed by atoms with Gasteiger partial charge in [0.2, 0.25) is 5.91 Å². The maximum absolute atomic E-state index is 12.0. The second-order valence-corrected chi connectivity index (χ2v) is 6.12. The van der Waals surface area contributed by atoms with Gasteiger partial charge in [0.15, 0.2) is 0 Å². The number of aldehydes is 1. The van der Waals surface area contributed by atoms with E-state index in [-0.39, 0.29) is 11.9 Å². The lowest BCUT2D eigenvalue weighted by molar-refractivity contribution is -0.134. The average Bonchev–Trinajstić information content (AvgIpc) is 3.03. The molecular formula is C17H32N4O2. The predicted octanol–water partition coefficient (Wildman–Crippen LogP) is 1.13. The molecule has 1 fully saturated rings. The van der Waals surface area contributed by atoms with E-state index in [1.54, 1.807) is 4.90 Å². The number of nitrogens with one attached hydrogen (secondary N) is 2. The number of unbranched alkanes of at least 4 members (excludes halogenated alkanes) is 2. The van der Waals surface area contributed by atoms with Gasteiger partial charge >= 0.3 is 0 Å². The number of carbonyl (C=O) groups is 2. The molecule has 0 aromatic carbocycles. The molecule has 0 saturated carbocycles. The van der Waals surface area contributed by atoms with Gasteiger partial charge in [-0.15, -0.1) is 0 Å². The van der Waals surface area contributed by atoms with Crippen molar-refractivity contribution >= 4 is 12.2 Å². The summed E-state index contributed by atoms with van der Waals surface area (Å²) in [5, 5.41) is 6.32. The highest BCUT2D eigenvalue weighted by Crippen LogP contribution is 2.17. The summed E-state index contributed by atoms with van der Waals surface area (Å²) in [4.78, 5) is 24.6. The van der Waals surface area contributed by atoms with E-state index in [1.807, 2.05) is 13.2 Å². The molecule has 1 aliphatic heterocycles. The van der Waals surface area contributed by atoms with Crippen LogP contribution in [0.5, 0.6) is 0 Å². The fraction of sp³-hybridized carbons (Fsp3) is 0.765. The van der Waals surface area contributed by atoms with Crippen molar-refractivity contribution in [3.63, 3.8) is 0 Å². The molecular weight excluding hydrogens is 292 g/mol. The summed E-state index contributed by atoms with van der Waals surface area (Å²) in [6.07, 6.45) is 9.95. The largest absolute Gasteiger partial charge is 0.401 e. The van der Waals surface area contributed by atoms with E-state index >= 15 is 0 Å². The van der Waals surface area contributed by atoms with Gasteiger partial charge in [-0.25, -0.2) is 0 Å². The van der Waals surface area contributed by atoms with E-state index in [0.717, 1.165) is 76.6 Å². The van der Waals surface area contributed by atoms with Crippen LogP contribution in [0.3, 0.4) is 0 Å². The minimum absolute atomic E-state index is 0.110. The number of carbonyl (C=O) groups excluding carboxylic acids is 2. The zero-order valence-corrected chi connectivity index (χ0v) is 14.4. The Kier molecular flexibility index (Phi) is 10.1. The van der Waals surface area contributed by atoms with Gasteiger partial charge in [-0.1, -0.05) is 0 Å². The third kappa shape index (κ3) is 8.02. The fourth-order valence-electron chi connectivity index (χ4n) is 2.80. The van der Waals surface area contributed by atoms with Gasteiger partial charge in [-0.05, 0) is 58.5 Å². The van der Waals surface area contributed by atoms with Crippen LogP contribution in [0.15, 0.2) is 11.9 Å². The summed E-state index contributed by atoms with van der Waals surface area (Å²) in [5.41, 5.74) is 6.79. The summed E-state index contributed by atoms with van der Waals surface area (Å²) >= 11 is 0. The Balaban J connectivity index is 2.04. The van der Waals surface area contributed by atoms with Crippen molar-refractivity contribution in [2.45, 2.75) is 57.4 Å². The highest BCUT2D eigenvalue weighted by Gasteiger charge is 2.27. The molecule has 4 N–H and O–H groups in total. The molecule has 132 valence electrons. The van der Waals surface area contributed by atoms with Gasteiger partial charge in [0, 0.05) is 31.4 Å². The molecule has 1 saturated heterocycles. The molecule has 1 amide bonds. The van der Waals surface area contributed by atoms with Gasteiger partial charge in [0.05, 0.1) is 6.04 Å². The summed E-state index contributed by atoms with van der Waals surface area (Å²) in [6.45, 7) is 2.58. The number of hydrogen-bond acceptors (Lipinski definition) is 5. The molecule has 1 atom stereocenters. The molecule has 0 bridgehead atoms. The SMILES string of the molecule is CNCCCC/C(N)=C/NCCCCC(=O)N1CCCC1C=O. The highest BCUT2D eigenvalue weighted by molar-refractivity contribution is 5.80. The van der Waals surface area contributed by atoms with Gasteiger partial charge < -0.3 is 26.1 Å². The van der Waals surface area contributed by atoms with E-state index in [9.17, 15) is 9.59 Å². The standard InChI is InChI=1S/C17H32N4O2/c1-19-10-4-2-7-15(18)13-20-11-5-3-9-17(23)21-12-6-8-16(21)14-22/h13-14,16,19-20H,2-12,18H2,1H3/b15-13-. The zero-order valence-electron chi connectivity index (χ0n) is 14.4. The number of hydrogen-bond donors (Lipinski definition) is 3. The lowest BCUT2D eigenvalue weighted by Gasteiger charge is -2.20. The molecule has 23 heavy (non-hydrogen) atoms. The maximum Gasteiger partial charge on any atom is 0.223 e. The molecule has 0 aliphatic carbocycles. The van der Waals surface area contributed by atoms with Gasteiger partial charge in [0.1, 0.15) is 6.29 Å². The van der Waals surface area contributed by atoms with Crippen molar-refractivity contribution in [1.29, 1.82) is 0 Å². The molecule has 0 radical (unpaired) electrons. The normalized spacial score (nSPS) is 18.2. The number of nitrogens with zero attached hydrogens (tertiary/aromatic N) is 1. The lowest BCUT2D eigenvalue weighted by Crippen LogP contribution is -2.36. The van der Waals surface area contributed by atoms with Gasteiger partial charge in [-0.2, -0.15) is 0 Å². The summed E-state index contributed by atoms with van der Waals surface area (Å²) in [7, 11) is 1.95. The molecule has 1 unspecified atom stereocenters. The molecule has 1 heterocycles. The van der Waals surface area contributed by atoms with Crippen LogP contribution in [0.1, 0.15) is 51.4 Å². The third-order valence-electron chi connectivity index (χ3n) is 4.17. The Morgan fingerprint density at radius 3 is 2.70 bits per heavy atom. The topological polar surface area (TPSA) is 87.5 Å². The first-order valence-corrected chi connectivity index (χ1v) is 8.76. The smallest absolute Gasteiger partial charge is 0.223 e. The minimum atomic E-state index is -0.189. The van der Waals surface area contributed by atoms with Crippen LogP contribution in [0.4, 0.5) is 0 Å². The molecule has 6 heteroatoms. The lowest BCUT2D eigenvalue weighted by atomic mass is 10.2. The van der Waals surface area contributed by atoms with Crippen molar-refractivity contribution in [1.82, 2.24) is 15.5 Å². The third-order valence-corrected chi connectivity index (χ3v) is 4.17. The molecule has 0 aromatic rings. The molecule has 1 aliphatic rings. The van der Waals surface area contributed by atoms with Crippen LogP contribution >= 0.6 is 0 Å². The molecule has 6 nitrogen and oxygen atoms in total. The number of likely N-dealkylation sites (tertiary alicyclic amines) is 1. The van der Waals surface area contributed by atoms with E-state index in [0.29, 0.717) is 6.42 Å². The van der Waals surface area contributed by atoms with Gasteiger partial charge in [0.25, 0.3) is 0 Å². The highest BCUT2D eigenvalue weighted by atomic mass is 16.2. The van der Waals surface area contributed by atoms with Crippen LogP contribution in [-0.2, 0) is 9.59 Å². The summed E-state index contributed by atoms with van der Waals surface area (Å²) < 4.78 is 0. The molecule has 0 spiro atoms. The summed E-state index contributed by atoms with van der Waals surface area (Å²) in [5.74, 6) is 0.110. The van der Waals surface area contributed by atoms with Gasteiger partial charge in [-0.3, -0.25) is 4.79 Å². The number of nitrogens with two attached hydrogens (primary N) is 1. The second-order valence-electron chi connectivity index (χ2n) is 6.12. The van der Waals surface area contributed by atoms with E-state index in [4.69, 9.17) is 5.73 Å². The predicted molar refractivity (Wildman–Crippen MR) is 92.7 cm³/mol. The van der Waals surface area contributed by atoms with Crippen molar-refractivity contribution in [3.8, 4) is 0 Å². The quantitative estimate of drug-likeness (QED) is 0.370. The van der Waals surface area contributed by atoms with Crippen molar-refractivity contribution in [2.24, 2.45) is 5.73 Å². The second kappa shape index (κ2) is 11.9. The van der Waals surface area contributed by atoms with Crippen LogP contribution < -0.4 is 16.4 Å². The monoisotopic (exact) mass is 324 g/mol. The number of rotatable bonds is 12. The van der Waals surface area contributed by atoms with Crippen molar-refractivity contribution in [2.75, 3.05) is 26.7 Å². The molecule has 0 aromatic heterocycles. The first kappa shape index (κ1) is 19.5. The van der Waals surface area contributed by atoms with E-state index < -0.39 is 0 Å². The van der Waals surface area contributed by atoms with E-state index in [1.165, 1.54) is 0 Å².